The first-order chi connectivity index (χ1) is 18.1. The van der Waals surface area contributed by atoms with Crippen molar-refractivity contribution in [3.8, 4) is 0 Å². The molecule has 5 rings (SSSR count). The van der Waals surface area contributed by atoms with Crippen LogP contribution in [0.1, 0.15) is 70.7 Å². The van der Waals surface area contributed by atoms with Crippen LogP contribution in [0.25, 0.3) is 0 Å². The number of esters is 2. The number of Topliss-reactive ketones (excluding diaryl/α,β-unsaturated/α-hetero) is 1. The third kappa shape index (κ3) is 3.63. The number of fused-ring (bicyclic) bond motifs is 5. The summed E-state index contributed by atoms with van der Waals surface area (Å²) >= 11 is 0. The fourth-order valence-corrected chi connectivity index (χ4v) is 8.20. The molecule has 0 aliphatic heterocycles. The number of hydrogen-bond acceptors (Lipinski definition) is 9. The molecule has 0 heterocycles. The first-order valence-electron chi connectivity index (χ1n) is 13.6. The number of benzene rings is 1. The van der Waals surface area contributed by atoms with Crippen LogP contribution in [0.4, 0.5) is 0 Å². The minimum Gasteiger partial charge on any atom is -0.458 e. The van der Waals surface area contributed by atoms with E-state index in [0.29, 0.717) is 18.4 Å². The van der Waals surface area contributed by atoms with Crippen molar-refractivity contribution in [3.63, 3.8) is 0 Å². The number of carbonyl (C=O) groups is 3. The van der Waals surface area contributed by atoms with Gasteiger partial charge in [0.15, 0.2) is 5.78 Å². The van der Waals surface area contributed by atoms with Crippen LogP contribution in [0.15, 0.2) is 41.5 Å². The monoisotopic (exact) mass is 542 g/mol. The highest BCUT2D eigenvalue weighted by atomic mass is 16.6. The number of ether oxygens (including phenoxy) is 2. The lowest BCUT2D eigenvalue weighted by atomic mass is 9.41. The van der Waals surface area contributed by atoms with Gasteiger partial charge in [0.2, 0.25) is 0 Å². The Hall–Kier alpha value is -2.59. The summed E-state index contributed by atoms with van der Waals surface area (Å²) < 4.78 is 12.2. The van der Waals surface area contributed by atoms with Gasteiger partial charge in [-0.2, -0.15) is 0 Å². The summed E-state index contributed by atoms with van der Waals surface area (Å²) in [5.41, 5.74) is -5.76. The molecule has 3 fully saturated rings. The zero-order valence-electron chi connectivity index (χ0n) is 23.0. The van der Waals surface area contributed by atoms with E-state index in [-0.39, 0.29) is 29.9 Å². The van der Waals surface area contributed by atoms with E-state index in [1.54, 1.807) is 51.1 Å². The summed E-state index contributed by atoms with van der Waals surface area (Å²) in [4.78, 5) is 40.4. The summed E-state index contributed by atoms with van der Waals surface area (Å²) in [6.07, 6.45) is -4.94. The molecule has 2 bridgehead atoms. The Morgan fingerprint density at radius 3 is 2.26 bits per heavy atom. The maximum atomic E-state index is 14.3. The molecular formula is C30H38O9. The molecule has 9 nitrogen and oxygen atoms in total. The predicted molar refractivity (Wildman–Crippen MR) is 138 cm³/mol. The SMILES string of the molecule is CC(=O)O[C@@]12CC[C@@H]1C[C@H](O)[C@@]1(C)C(=O)[C@H](O)C3=C(C)[C@@H](O)C[C@@](O)([C@@H](OC(=O)c4ccccc4)[C@H]21)C3(C)C. The second kappa shape index (κ2) is 8.96. The molecule has 9 atom stereocenters. The second-order valence-electron chi connectivity index (χ2n) is 12.6. The standard InChI is InChI=1S/C30H38O9/c1-15-19(32)14-30(37)25(38-26(36)17-9-7-6-8-10-17)23-28(5,24(35)22(34)21(15)27(30,3)4)20(33)13-18-11-12-29(18,23)39-16(2)31/h6-10,18-20,22-23,25,32-34,37H,11-14H2,1-5H3/t18-,19+,20+,22-,23+,25+,28-,29+,30-/m1/s1. The average molecular weight is 543 g/mol. The first kappa shape index (κ1) is 28.0. The van der Waals surface area contributed by atoms with Crippen LogP contribution in [0.3, 0.4) is 0 Å². The Morgan fingerprint density at radius 2 is 1.69 bits per heavy atom. The Labute approximate surface area is 227 Å². The van der Waals surface area contributed by atoms with Crippen LogP contribution in [0.2, 0.25) is 0 Å². The van der Waals surface area contributed by atoms with Crippen molar-refractivity contribution >= 4 is 17.7 Å². The number of aliphatic hydroxyl groups excluding tert-OH is 3. The molecule has 0 unspecified atom stereocenters. The van der Waals surface area contributed by atoms with Gasteiger partial charge in [0.25, 0.3) is 0 Å². The second-order valence-corrected chi connectivity index (χ2v) is 12.6. The average Bonchev–Trinajstić information content (AvgIpc) is 2.87. The van der Waals surface area contributed by atoms with Gasteiger partial charge in [0, 0.05) is 24.7 Å². The fourth-order valence-electron chi connectivity index (χ4n) is 8.20. The Morgan fingerprint density at radius 1 is 1.05 bits per heavy atom. The topological polar surface area (TPSA) is 151 Å². The molecule has 1 aromatic rings. The van der Waals surface area contributed by atoms with E-state index < -0.39 is 70.1 Å². The van der Waals surface area contributed by atoms with E-state index in [0.717, 1.165) is 0 Å². The minimum atomic E-state index is -2.01. The van der Waals surface area contributed by atoms with Crippen molar-refractivity contribution in [1.82, 2.24) is 0 Å². The summed E-state index contributed by atoms with van der Waals surface area (Å²) in [5, 5.41) is 46.9. The van der Waals surface area contributed by atoms with Crippen LogP contribution < -0.4 is 0 Å². The highest BCUT2D eigenvalue weighted by Gasteiger charge is 2.76. The molecule has 3 saturated carbocycles. The Kier molecular flexibility index (Phi) is 6.42. The van der Waals surface area contributed by atoms with E-state index in [1.807, 2.05) is 0 Å². The van der Waals surface area contributed by atoms with Gasteiger partial charge in [-0.05, 0) is 56.4 Å². The minimum absolute atomic E-state index is 0.138. The van der Waals surface area contributed by atoms with Crippen molar-refractivity contribution < 1.29 is 44.3 Å². The molecule has 0 amide bonds. The van der Waals surface area contributed by atoms with E-state index in [1.165, 1.54) is 13.8 Å². The van der Waals surface area contributed by atoms with Gasteiger partial charge in [-0.15, -0.1) is 0 Å². The summed E-state index contributed by atoms with van der Waals surface area (Å²) in [7, 11) is 0. The zero-order valence-corrected chi connectivity index (χ0v) is 23.0. The van der Waals surface area contributed by atoms with Crippen molar-refractivity contribution in [2.75, 3.05) is 0 Å². The highest BCUT2D eigenvalue weighted by molar-refractivity contribution is 5.94. The highest BCUT2D eigenvalue weighted by Crippen LogP contribution is 2.67. The molecule has 4 N–H and O–H groups in total. The van der Waals surface area contributed by atoms with Crippen LogP contribution >= 0.6 is 0 Å². The van der Waals surface area contributed by atoms with E-state index in [2.05, 4.69) is 0 Å². The third-order valence-corrected chi connectivity index (χ3v) is 10.5. The number of hydrogen-bond donors (Lipinski definition) is 4. The molecule has 9 heteroatoms. The summed E-state index contributed by atoms with van der Waals surface area (Å²) in [5.74, 6) is -3.66. The van der Waals surface area contributed by atoms with Crippen LogP contribution in [0, 0.1) is 22.7 Å². The molecule has 4 aliphatic carbocycles. The normalized spacial score (nSPS) is 42.7. The molecule has 0 spiro atoms. The van der Waals surface area contributed by atoms with Crippen LogP contribution in [-0.2, 0) is 19.1 Å². The predicted octanol–water partition coefficient (Wildman–Crippen LogP) is 2.09. The lowest BCUT2D eigenvalue weighted by molar-refractivity contribution is -0.296. The third-order valence-electron chi connectivity index (χ3n) is 10.5. The van der Waals surface area contributed by atoms with Gasteiger partial charge in [-0.3, -0.25) is 9.59 Å². The summed E-state index contributed by atoms with van der Waals surface area (Å²) in [6.45, 7) is 7.65. The van der Waals surface area contributed by atoms with Crippen molar-refractivity contribution in [1.29, 1.82) is 0 Å². The van der Waals surface area contributed by atoms with Gasteiger partial charge >= 0.3 is 11.9 Å². The number of aliphatic hydroxyl groups is 4. The lowest BCUT2D eigenvalue weighted by Crippen LogP contribution is -2.78. The fraction of sp³-hybridized carbons (Fsp3) is 0.633. The molecule has 0 aromatic heterocycles. The smallest absolute Gasteiger partial charge is 0.338 e. The maximum absolute atomic E-state index is 14.3. The largest absolute Gasteiger partial charge is 0.458 e. The van der Waals surface area contributed by atoms with Crippen LogP contribution in [-0.4, -0.2) is 73.8 Å². The van der Waals surface area contributed by atoms with Crippen molar-refractivity contribution in [3.05, 3.63) is 47.0 Å². The maximum Gasteiger partial charge on any atom is 0.338 e. The molecule has 1 aromatic carbocycles. The Balaban J connectivity index is 1.81. The molecule has 39 heavy (non-hydrogen) atoms. The molecule has 0 saturated heterocycles. The van der Waals surface area contributed by atoms with Gasteiger partial charge in [-0.1, -0.05) is 32.0 Å². The quantitative estimate of drug-likeness (QED) is 0.332. The van der Waals surface area contributed by atoms with Crippen LogP contribution in [0.5, 0.6) is 0 Å². The van der Waals surface area contributed by atoms with Gasteiger partial charge in [0.1, 0.15) is 23.4 Å². The van der Waals surface area contributed by atoms with Gasteiger partial charge < -0.3 is 29.9 Å². The Bertz CT molecular complexity index is 1240. The van der Waals surface area contributed by atoms with E-state index in [9.17, 15) is 34.8 Å². The van der Waals surface area contributed by atoms with Gasteiger partial charge in [0.05, 0.1) is 29.1 Å². The van der Waals surface area contributed by atoms with E-state index in [4.69, 9.17) is 9.47 Å². The number of carbonyl (C=O) groups excluding carboxylic acids is 3. The van der Waals surface area contributed by atoms with Gasteiger partial charge in [-0.25, -0.2) is 4.79 Å². The van der Waals surface area contributed by atoms with E-state index >= 15 is 0 Å². The molecular weight excluding hydrogens is 504 g/mol. The lowest BCUT2D eigenvalue weighted by Gasteiger charge is -2.68. The van der Waals surface area contributed by atoms with Crippen molar-refractivity contribution in [2.45, 2.75) is 95.9 Å². The van der Waals surface area contributed by atoms with Crippen molar-refractivity contribution in [2.24, 2.45) is 22.7 Å². The zero-order chi connectivity index (χ0) is 28.7. The number of rotatable bonds is 3. The summed E-state index contributed by atoms with van der Waals surface area (Å²) in [6, 6.07) is 8.19. The number of ketones is 1. The molecule has 212 valence electrons. The molecule has 4 aliphatic rings. The first-order valence-corrected chi connectivity index (χ1v) is 13.6. The molecule has 0 radical (unpaired) electrons.